The third-order valence-corrected chi connectivity index (χ3v) is 2.60. The Morgan fingerprint density at radius 1 is 0.944 bits per heavy atom. The first-order valence-corrected chi connectivity index (χ1v) is 5.70. The van der Waals surface area contributed by atoms with Gasteiger partial charge in [0, 0.05) is 5.56 Å². The van der Waals surface area contributed by atoms with Crippen LogP contribution < -0.4 is 9.47 Å². The summed E-state index contributed by atoms with van der Waals surface area (Å²) in [4.78, 5) is 12.5. The van der Waals surface area contributed by atoms with E-state index in [2.05, 4.69) is 27.9 Å². The third-order valence-electron chi connectivity index (χ3n) is 2.60. The number of rotatable bonds is 4. The Morgan fingerprint density at radius 2 is 1.56 bits per heavy atom. The first-order chi connectivity index (χ1) is 8.78. The number of benzene rings is 1. The van der Waals surface area contributed by atoms with Gasteiger partial charge in [-0.15, -0.1) is 4.98 Å². The van der Waals surface area contributed by atoms with Crippen molar-refractivity contribution in [3.05, 3.63) is 29.8 Å². The predicted octanol–water partition coefficient (Wildman–Crippen LogP) is 2.12. The van der Waals surface area contributed by atoms with Crippen molar-refractivity contribution in [3.63, 3.8) is 0 Å². The molecule has 5 nitrogen and oxygen atoms in total. The van der Waals surface area contributed by atoms with Gasteiger partial charge in [-0.25, -0.2) is 0 Å². The van der Waals surface area contributed by atoms with Crippen LogP contribution >= 0.6 is 0 Å². The molecular formula is C13H15N3O2. The van der Waals surface area contributed by atoms with E-state index in [-0.39, 0.29) is 12.0 Å². The van der Waals surface area contributed by atoms with Crippen molar-refractivity contribution in [2.24, 2.45) is 0 Å². The second-order valence-electron chi connectivity index (χ2n) is 3.64. The predicted molar refractivity (Wildman–Crippen MR) is 67.7 cm³/mol. The Bertz CT molecular complexity index is 521. The standard InChI is InChI=1S/C13H15N3O2/c1-4-9-7-5-6-8-10(9)11-14-12(17-2)16-13(15-11)18-3/h5-8H,4H2,1-3H3. The van der Waals surface area contributed by atoms with Crippen molar-refractivity contribution < 1.29 is 9.47 Å². The number of hydrogen-bond acceptors (Lipinski definition) is 5. The van der Waals surface area contributed by atoms with Gasteiger partial charge in [-0.3, -0.25) is 0 Å². The monoisotopic (exact) mass is 245 g/mol. The maximum absolute atomic E-state index is 5.05. The summed E-state index contributed by atoms with van der Waals surface area (Å²) in [7, 11) is 3.04. The lowest BCUT2D eigenvalue weighted by Gasteiger charge is -2.08. The molecule has 0 N–H and O–H groups in total. The van der Waals surface area contributed by atoms with Crippen LogP contribution in [0.2, 0.25) is 0 Å². The molecule has 0 atom stereocenters. The summed E-state index contributed by atoms with van der Waals surface area (Å²) in [5, 5.41) is 0. The highest BCUT2D eigenvalue weighted by atomic mass is 16.5. The van der Waals surface area contributed by atoms with Gasteiger partial charge in [0.05, 0.1) is 14.2 Å². The van der Waals surface area contributed by atoms with Crippen LogP contribution in [0.25, 0.3) is 11.4 Å². The van der Waals surface area contributed by atoms with Crippen molar-refractivity contribution >= 4 is 0 Å². The van der Waals surface area contributed by atoms with E-state index in [0.29, 0.717) is 5.82 Å². The molecule has 0 aliphatic carbocycles. The van der Waals surface area contributed by atoms with Crippen LogP contribution in [-0.2, 0) is 6.42 Å². The van der Waals surface area contributed by atoms with Crippen molar-refractivity contribution in [2.75, 3.05) is 14.2 Å². The number of ether oxygens (including phenoxy) is 2. The van der Waals surface area contributed by atoms with Crippen LogP contribution in [0.4, 0.5) is 0 Å². The van der Waals surface area contributed by atoms with E-state index in [0.717, 1.165) is 12.0 Å². The van der Waals surface area contributed by atoms with Crippen LogP contribution in [0.15, 0.2) is 24.3 Å². The Morgan fingerprint density at radius 3 is 2.11 bits per heavy atom. The van der Waals surface area contributed by atoms with Gasteiger partial charge in [0.2, 0.25) is 0 Å². The van der Waals surface area contributed by atoms with E-state index in [4.69, 9.17) is 9.47 Å². The zero-order valence-electron chi connectivity index (χ0n) is 10.7. The van der Waals surface area contributed by atoms with Gasteiger partial charge in [-0.05, 0) is 12.0 Å². The maximum Gasteiger partial charge on any atom is 0.322 e. The van der Waals surface area contributed by atoms with E-state index in [1.54, 1.807) is 0 Å². The molecule has 2 aromatic rings. The second kappa shape index (κ2) is 5.44. The first kappa shape index (κ1) is 12.3. The summed E-state index contributed by atoms with van der Waals surface area (Å²) in [5.74, 6) is 0.566. The molecule has 0 aliphatic rings. The fraction of sp³-hybridized carbons (Fsp3) is 0.308. The second-order valence-corrected chi connectivity index (χ2v) is 3.64. The molecule has 0 bridgehead atoms. The lowest BCUT2D eigenvalue weighted by Crippen LogP contribution is -2.02. The van der Waals surface area contributed by atoms with Gasteiger partial charge < -0.3 is 9.47 Å². The van der Waals surface area contributed by atoms with E-state index >= 15 is 0 Å². The summed E-state index contributed by atoms with van der Waals surface area (Å²) in [5.41, 5.74) is 2.15. The zero-order chi connectivity index (χ0) is 13.0. The molecule has 18 heavy (non-hydrogen) atoms. The maximum atomic E-state index is 5.05. The molecule has 1 heterocycles. The molecule has 0 radical (unpaired) electrons. The van der Waals surface area contributed by atoms with E-state index < -0.39 is 0 Å². The minimum atomic E-state index is 0.253. The van der Waals surface area contributed by atoms with Crippen molar-refractivity contribution in [2.45, 2.75) is 13.3 Å². The highest BCUT2D eigenvalue weighted by molar-refractivity contribution is 5.60. The molecule has 94 valence electrons. The Kier molecular flexibility index (Phi) is 3.72. The van der Waals surface area contributed by atoms with Gasteiger partial charge in [0.15, 0.2) is 5.82 Å². The van der Waals surface area contributed by atoms with Crippen molar-refractivity contribution in [3.8, 4) is 23.4 Å². The van der Waals surface area contributed by atoms with Gasteiger partial charge in [-0.2, -0.15) is 9.97 Å². The highest BCUT2D eigenvalue weighted by Crippen LogP contribution is 2.23. The van der Waals surface area contributed by atoms with Gasteiger partial charge in [0.25, 0.3) is 0 Å². The summed E-state index contributed by atoms with van der Waals surface area (Å²) in [6, 6.07) is 8.49. The number of aryl methyl sites for hydroxylation is 1. The Labute approximate surface area is 106 Å². The molecule has 1 aromatic heterocycles. The SMILES string of the molecule is CCc1ccccc1-c1nc(OC)nc(OC)n1. The molecule has 2 rings (SSSR count). The average molecular weight is 245 g/mol. The van der Waals surface area contributed by atoms with E-state index in [1.807, 2.05) is 18.2 Å². The Hall–Kier alpha value is -2.17. The molecular weight excluding hydrogens is 230 g/mol. The van der Waals surface area contributed by atoms with Gasteiger partial charge >= 0.3 is 12.0 Å². The minimum absolute atomic E-state index is 0.253. The van der Waals surface area contributed by atoms with Crippen LogP contribution in [0, 0.1) is 0 Å². The van der Waals surface area contributed by atoms with Gasteiger partial charge in [0.1, 0.15) is 0 Å². The fourth-order valence-corrected chi connectivity index (χ4v) is 1.69. The molecule has 0 aliphatic heterocycles. The normalized spacial score (nSPS) is 10.2. The topological polar surface area (TPSA) is 57.1 Å². The first-order valence-electron chi connectivity index (χ1n) is 5.70. The fourth-order valence-electron chi connectivity index (χ4n) is 1.69. The summed E-state index contributed by atoms with van der Waals surface area (Å²) >= 11 is 0. The molecule has 0 saturated heterocycles. The van der Waals surface area contributed by atoms with E-state index in [1.165, 1.54) is 19.8 Å². The number of methoxy groups -OCH3 is 2. The van der Waals surface area contributed by atoms with Gasteiger partial charge in [-0.1, -0.05) is 31.2 Å². The van der Waals surface area contributed by atoms with Crippen LogP contribution in [0.3, 0.4) is 0 Å². The molecule has 0 spiro atoms. The van der Waals surface area contributed by atoms with E-state index in [9.17, 15) is 0 Å². The molecule has 0 unspecified atom stereocenters. The minimum Gasteiger partial charge on any atom is -0.467 e. The molecule has 5 heteroatoms. The van der Waals surface area contributed by atoms with Crippen LogP contribution in [0.1, 0.15) is 12.5 Å². The number of hydrogen-bond donors (Lipinski definition) is 0. The van der Waals surface area contributed by atoms with Crippen LogP contribution in [0.5, 0.6) is 12.0 Å². The lowest BCUT2D eigenvalue weighted by atomic mass is 10.1. The largest absolute Gasteiger partial charge is 0.467 e. The number of nitrogens with zero attached hydrogens (tertiary/aromatic N) is 3. The molecule has 1 aromatic carbocycles. The average Bonchev–Trinajstić information content (AvgIpc) is 2.46. The molecule has 0 saturated carbocycles. The molecule has 0 amide bonds. The number of aromatic nitrogens is 3. The Balaban J connectivity index is 2.55. The quantitative estimate of drug-likeness (QED) is 0.825. The van der Waals surface area contributed by atoms with Crippen molar-refractivity contribution in [1.82, 2.24) is 15.0 Å². The lowest BCUT2D eigenvalue weighted by molar-refractivity contribution is 0.341. The molecule has 0 fully saturated rings. The smallest absolute Gasteiger partial charge is 0.322 e. The zero-order valence-corrected chi connectivity index (χ0v) is 10.7. The van der Waals surface area contributed by atoms with Crippen LogP contribution in [-0.4, -0.2) is 29.2 Å². The summed E-state index contributed by atoms with van der Waals surface area (Å²) < 4.78 is 10.1. The van der Waals surface area contributed by atoms with Crippen molar-refractivity contribution in [1.29, 1.82) is 0 Å². The highest BCUT2D eigenvalue weighted by Gasteiger charge is 2.11. The third kappa shape index (κ3) is 2.40. The summed E-state index contributed by atoms with van der Waals surface area (Å²) in [6.45, 7) is 2.09. The summed E-state index contributed by atoms with van der Waals surface area (Å²) in [6.07, 6.45) is 0.909.